The van der Waals surface area contributed by atoms with E-state index in [9.17, 15) is 9.59 Å². The smallest absolute Gasteiger partial charge is 0.342 e. The molecule has 1 aliphatic rings. The van der Waals surface area contributed by atoms with Crippen LogP contribution in [0.15, 0.2) is 9.59 Å². The standard InChI is InChI=1S/C8H13N5O2/c9-8(2-1-3-8)4-10-5-6(14)11-7(15)13-12-5/h1-4,9H2,(H,10,12)(H2,11,13,14,15). The fourth-order valence-electron chi connectivity index (χ4n) is 1.53. The Bertz CT molecular complexity index is 459. The number of nitrogens with one attached hydrogen (secondary N) is 3. The van der Waals surface area contributed by atoms with Gasteiger partial charge in [-0.2, -0.15) is 0 Å². The third kappa shape index (κ3) is 2.07. The van der Waals surface area contributed by atoms with E-state index in [2.05, 4.69) is 20.5 Å². The first-order valence-electron chi connectivity index (χ1n) is 4.81. The molecule has 1 fully saturated rings. The fourth-order valence-corrected chi connectivity index (χ4v) is 1.53. The van der Waals surface area contributed by atoms with Gasteiger partial charge in [-0.1, -0.05) is 0 Å². The molecule has 0 spiro atoms. The molecule has 15 heavy (non-hydrogen) atoms. The van der Waals surface area contributed by atoms with Crippen LogP contribution in [0.5, 0.6) is 0 Å². The Kier molecular flexibility index (Phi) is 2.31. The van der Waals surface area contributed by atoms with Crippen molar-refractivity contribution in [3.8, 4) is 0 Å². The molecule has 1 aromatic rings. The van der Waals surface area contributed by atoms with E-state index in [0.717, 1.165) is 19.3 Å². The van der Waals surface area contributed by atoms with Gasteiger partial charge < -0.3 is 11.1 Å². The summed E-state index contributed by atoms with van der Waals surface area (Å²) in [5.74, 6) is 0.103. The zero-order chi connectivity index (χ0) is 10.9. The lowest BCUT2D eigenvalue weighted by molar-refractivity contribution is 0.265. The van der Waals surface area contributed by atoms with Crippen molar-refractivity contribution < 1.29 is 0 Å². The fraction of sp³-hybridized carbons (Fsp3) is 0.625. The minimum absolute atomic E-state index is 0.103. The van der Waals surface area contributed by atoms with E-state index in [4.69, 9.17) is 5.73 Å². The Morgan fingerprint density at radius 1 is 1.47 bits per heavy atom. The van der Waals surface area contributed by atoms with Crippen molar-refractivity contribution in [1.82, 2.24) is 15.2 Å². The van der Waals surface area contributed by atoms with Crippen molar-refractivity contribution in [2.45, 2.75) is 24.8 Å². The van der Waals surface area contributed by atoms with Crippen LogP contribution >= 0.6 is 0 Å². The highest BCUT2D eigenvalue weighted by Gasteiger charge is 2.32. The van der Waals surface area contributed by atoms with E-state index in [-0.39, 0.29) is 11.4 Å². The van der Waals surface area contributed by atoms with Gasteiger partial charge >= 0.3 is 5.69 Å². The molecule has 7 heteroatoms. The highest BCUT2D eigenvalue weighted by molar-refractivity contribution is 5.30. The molecule has 0 unspecified atom stereocenters. The molecule has 0 aliphatic heterocycles. The third-order valence-electron chi connectivity index (χ3n) is 2.67. The summed E-state index contributed by atoms with van der Waals surface area (Å²) in [6.07, 6.45) is 3.01. The van der Waals surface area contributed by atoms with E-state index in [1.807, 2.05) is 0 Å². The first kappa shape index (κ1) is 9.91. The summed E-state index contributed by atoms with van der Waals surface area (Å²) >= 11 is 0. The van der Waals surface area contributed by atoms with Crippen LogP contribution in [0.4, 0.5) is 5.82 Å². The normalized spacial score (nSPS) is 18.2. The molecule has 5 N–H and O–H groups in total. The second-order valence-electron chi connectivity index (χ2n) is 3.92. The van der Waals surface area contributed by atoms with Crippen LogP contribution in [0.3, 0.4) is 0 Å². The quantitative estimate of drug-likeness (QED) is 0.498. The van der Waals surface area contributed by atoms with E-state index >= 15 is 0 Å². The van der Waals surface area contributed by atoms with Gasteiger partial charge in [0, 0.05) is 12.1 Å². The predicted octanol–water partition coefficient (Wildman–Crippen LogP) is -1.25. The van der Waals surface area contributed by atoms with Crippen molar-refractivity contribution in [3.63, 3.8) is 0 Å². The highest BCUT2D eigenvalue weighted by Crippen LogP contribution is 2.28. The lowest BCUT2D eigenvalue weighted by Gasteiger charge is -2.38. The molecule has 0 bridgehead atoms. The summed E-state index contributed by atoms with van der Waals surface area (Å²) in [4.78, 5) is 24.0. The lowest BCUT2D eigenvalue weighted by Crippen LogP contribution is -2.52. The summed E-state index contributed by atoms with van der Waals surface area (Å²) in [6.45, 7) is 0.495. The van der Waals surface area contributed by atoms with Crippen molar-refractivity contribution in [3.05, 3.63) is 20.8 Å². The first-order valence-corrected chi connectivity index (χ1v) is 4.81. The Morgan fingerprint density at radius 2 is 2.20 bits per heavy atom. The molecular weight excluding hydrogens is 198 g/mol. The minimum Gasteiger partial charge on any atom is -0.362 e. The average molecular weight is 211 g/mol. The monoisotopic (exact) mass is 211 g/mol. The molecule has 0 amide bonds. The highest BCUT2D eigenvalue weighted by atomic mass is 16.2. The minimum atomic E-state index is -0.614. The molecule has 82 valence electrons. The number of anilines is 1. The molecule has 1 saturated carbocycles. The van der Waals surface area contributed by atoms with Crippen molar-refractivity contribution in [2.75, 3.05) is 11.9 Å². The number of aromatic nitrogens is 3. The van der Waals surface area contributed by atoms with Gasteiger partial charge in [0.2, 0.25) is 5.82 Å². The van der Waals surface area contributed by atoms with Gasteiger partial charge in [0.05, 0.1) is 0 Å². The number of nitrogens with two attached hydrogens (primary N) is 1. The van der Waals surface area contributed by atoms with Crippen LogP contribution in [-0.2, 0) is 0 Å². The van der Waals surface area contributed by atoms with Gasteiger partial charge in [-0.05, 0) is 19.3 Å². The average Bonchev–Trinajstić information content (AvgIpc) is 2.14. The number of H-pyrrole nitrogens is 2. The van der Waals surface area contributed by atoms with Crippen LogP contribution < -0.4 is 22.3 Å². The van der Waals surface area contributed by atoms with Gasteiger partial charge in [0.15, 0.2) is 0 Å². The summed E-state index contributed by atoms with van der Waals surface area (Å²) in [5.41, 5.74) is 4.58. The Hall–Kier alpha value is -1.63. The summed E-state index contributed by atoms with van der Waals surface area (Å²) in [5, 5.41) is 8.57. The molecular formula is C8H13N5O2. The summed E-state index contributed by atoms with van der Waals surface area (Å²) < 4.78 is 0. The number of hydrogen-bond acceptors (Lipinski definition) is 5. The zero-order valence-electron chi connectivity index (χ0n) is 8.17. The second-order valence-corrected chi connectivity index (χ2v) is 3.92. The van der Waals surface area contributed by atoms with E-state index < -0.39 is 11.2 Å². The van der Waals surface area contributed by atoms with Crippen LogP contribution in [-0.4, -0.2) is 27.3 Å². The van der Waals surface area contributed by atoms with E-state index in [1.54, 1.807) is 0 Å². The topological polar surface area (TPSA) is 117 Å². The Balaban J connectivity index is 2.05. The maximum atomic E-state index is 11.2. The zero-order valence-corrected chi connectivity index (χ0v) is 8.17. The van der Waals surface area contributed by atoms with E-state index in [0.29, 0.717) is 6.54 Å². The SMILES string of the molecule is NC1(CNc2n[nH]c(=O)[nH]c2=O)CCC1. The maximum absolute atomic E-state index is 11.2. The summed E-state index contributed by atoms with van der Waals surface area (Å²) in [6, 6.07) is 0. The molecule has 0 radical (unpaired) electrons. The molecule has 0 atom stereocenters. The van der Waals surface area contributed by atoms with Crippen molar-refractivity contribution >= 4 is 5.82 Å². The molecule has 7 nitrogen and oxygen atoms in total. The number of hydrogen-bond donors (Lipinski definition) is 4. The van der Waals surface area contributed by atoms with Crippen LogP contribution in [0.1, 0.15) is 19.3 Å². The predicted molar refractivity (Wildman–Crippen MR) is 54.7 cm³/mol. The third-order valence-corrected chi connectivity index (χ3v) is 2.67. The number of aromatic amines is 2. The number of nitrogens with zero attached hydrogens (tertiary/aromatic N) is 1. The molecule has 2 rings (SSSR count). The Morgan fingerprint density at radius 3 is 2.73 bits per heavy atom. The molecule has 0 aromatic carbocycles. The molecule has 1 aliphatic carbocycles. The van der Waals surface area contributed by atoms with Gasteiger partial charge in [-0.3, -0.25) is 9.78 Å². The molecule has 0 saturated heterocycles. The molecule has 1 aromatic heterocycles. The Labute approximate surface area is 85.1 Å². The van der Waals surface area contributed by atoms with Crippen LogP contribution in [0.2, 0.25) is 0 Å². The maximum Gasteiger partial charge on any atom is 0.342 e. The first-order chi connectivity index (χ1) is 7.09. The second kappa shape index (κ2) is 3.50. The van der Waals surface area contributed by atoms with Crippen molar-refractivity contribution in [2.24, 2.45) is 5.73 Å². The van der Waals surface area contributed by atoms with Gasteiger partial charge in [0.1, 0.15) is 0 Å². The van der Waals surface area contributed by atoms with Gasteiger partial charge in [-0.15, -0.1) is 5.10 Å². The molecule has 1 heterocycles. The largest absolute Gasteiger partial charge is 0.362 e. The van der Waals surface area contributed by atoms with Crippen LogP contribution in [0, 0.1) is 0 Å². The van der Waals surface area contributed by atoms with Gasteiger partial charge in [-0.25, -0.2) is 9.89 Å². The van der Waals surface area contributed by atoms with Gasteiger partial charge in [0.25, 0.3) is 5.56 Å². The lowest BCUT2D eigenvalue weighted by atomic mass is 9.78. The van der Waals surface area contributed by atoms with E-state index in [1.165, 1.54) is 0 Å². The van der Waals surface area contributed by atoms with Crippen molar-refractivity contribution in [1.29, 1.82) is 0 Å². The number of rotatable bonds is 3. The summed E-state index contributed by atoms with van der Waals surface area (Å²) in [7, 11) is 0. The van der Waals surface area contributed by atoms with Crippen LogP contribution in [0.25, 0.3) is 0 Å².